The quantitative estimate of drug-likeness (QED) is 0.611. The second kappa shape index (κ2) is 8.49. The van der Waals surface area contributed by atoms with Crippen molar-refractivity contribution in [2.45, 2.75) is 6.42 Å². The number of thiazole rings is 1. The molecule has 28 heavy (non-hydrogen) atoms. The molecule has 0 atom stereocenters. The van der Waals surface area contributed by atoms with E-state index in [2.05, 4.69) is 15.0 Å². The van der Waals surface area contributed by atoms with Crippen LogP contribution < -0.4 is 5.32 Å². The third-order valence-corrected chi connectivity index (χ3v) is 4.61. The van der Waals surface area contributed by atoms with Gasteiger partial charge in [0.15, 0.2) is 11.7 Å². The maximum absolute atomic E-state index is 12.2. The van der Waals surface area contributed by atoms with E-state index in [1.165, 1.54) is 13.2 Å². The van der Waals surface area contributed by atoms with Gasteiger partial charge < -0.3 is 14.6 Å². The van der Waals surface area contributed by atoms with Crippen LogP contribution in [0.2, 0.25) is 0 Å². The highest BCUT2D eigenvalue weighted by Gasteiger charge is 2.17. The van der Waals surface area contributed by atoms with Gasteiger partial charge in [0.25, 0.3) is 5.91 Å². The van der Waals surface area contributed by atoms with E-state index >= 15 is 0 Å². The number of amides is 1. The fourth-order valence-electron chi connectivity index (χ4n) is 2.45. The number of aromatic hydroxyl groups is 1. The van der Waals surface area contributed by atoms with Gasteiger partial charge in [-0.2, -0.15) is 0 Å². The zero-order valence-electron chi connectivity index (χ0n) is 14.8. The van der Waals surface area contributed by atoms with E-state index in [0.717, 1.165) is 16.7 Å². The van der Waals surface area contributed by atoms with E-state index in [-0.39, 0.29) is 22.9 Å². The van der Waals surface area contributed by atoms with E-state index in [9.17, 15) is 19.5 Å². The molecular formula is C19H16N2O6S. The van der Waals surface area contributed by atoms with E-state index in [1.54, 1.807) is 29.6 Å². The number of carbonyl (C=O) groups excluding carboxylic acids is 3. The molecule has 0 aliphatic heterocycles. The van der Waals surface area contributed by atoms with Crippen LogP contribution >= 0.6 is 11.3 Å². The predicted octanol–water partition coefficient (Wildman–Crippen LogP) is 2.51. The summed E-state index contributed by atoms with van der Waals surface area (Å²) >= 11 is 1.13. The van der Waals surface area contributed by atoms with Gasteiger partial charge in [0.2, 0.25) is 0 Å². The molecule has 1 amide bonds. The van der Waals surface area contributed by atoms with Crippen LogP contribution in [-0.4, -0.2) is 41.7 Å². The summed E-state index contributed by atoms with van der Waals surface area (Å²) in [6, 6.07) is 10.2. The van der Waals surface area contributed by atoms with Gasteiger partial charge >= 0.3 is 11.9 Å². The highest BCUT2D eigenvalue weighted by molar-refractivity contribution is 7.13. The number of benzene rings is 2. The van der Waals surface area contributed by atoms with E-state index in [4.69, 9.17) is 4.74 Å². The number of nitrogens with zero attached hydrogens (tertiary/aromatic N) is 1. The molecule has 1 heterocycles. The normalized spacial score (nSPS) is 10.5. The molecular weight excluding hydrogens is 384 g/mol. The van der Waals surface area contributed by atoms with Crippen molar-refractivity contribution in [2.24, 2.45) is 0 Å². The number of carbonyl (C=O) groups is 3. The summed E-state index contributed by atoms with van der Waals surface area (Å²) in [6.45, 7) is -0.545. The number of aromatic nitrogens is 1. The van der Waals surface area contributed by atoms with Crippen LogP contribution in [0.5, 0.6) is 5.75 Å². The predicted molar refractivity (Wildman–Crippen MR) is 102 cm³/mol. The molecule has 1 aromatic heterocycles. The number of phenols is 1. The minimum atomic E-state index is -0.816. The summed E-state index contributed by atoms with van der Waals surface area (Å²) in [4.78, 5) is 39.4. The van der Waals surface area contributed by atoms with Crippen molar-refractivity contribution in [3.05, 3.63) is 53.0 Å². The fourth-order valence-corrected chi connectivity index (χ4v) is 3.18. The Bertz CT molecular complexity index is 1050. The molecule has 0 spiro atoms. The molecule has 0 aliphatic carbocycles. The number of fused-ring (bicyclic) bond motifs is 1. The van der Waals surface area contributed by atoms with E-state index in [0.29, 0.717) is 11.1 Å². The average molecular weight is 400 g/mol. The topological polar surface area (TPSA) is 115 Å². The SMILES string of the molecule is COC(=O)Cc1csc(NC(=O)COC(=O)c2ccc3ccccc3c2O)n1. The van der Waals surface area contributed by atoms with Gasteiger partial charge in [-0.25, -0.2) is 9.78 Å². The Morgan fingerprint density at radius 2 is 1.96 bits per heavy atom. The number of hydrogen-bond acceptors (Lipinski definition) is 8. The molecule has 0 unspecified atom stereocenters. The number of rotatable bonds is 6. The highest BCUT2D eigenvalue weighted by atomic mass is 32.1. The minimum absolute atomic E-state index is 0.000896. The van der Waals surface area contributed by atoms with Crippen molar-refractivity contribution in [2.75, 3.05) is 19.0 Å². The number of esters is 2. The van der Waals surface area contributed by atoms with Crippen LogP contribution in [0.1, 0.15) is 16.1 Å². The Hall–Kier alpha value is -3.46. The fraction of sp³-hybridized carbons (Fsp3) is 0.158. The first-order valence-electron chi connectivity index (χ1n) is 8.17. The van der Waals surface area contributed by atoms with Gasteiger partial charge in [0.05, 0.1) is 19.2 Å². The van der Waals surface area contributed by atoms with E-state index in [1.807, 2.05) is 6.07 Å². The molecule has 2 N–H and O–H groups in total. The lowest BCUT2D eigenvalue weighted by molar-refractivity contribution is -0.139. The van der Waals surface area contributed by atoms with Gasteiger partial charge in [0, 0.05) is 10.8 Å². The molecule has 3 rings (SSSR count). The maximum atomic E-state index is 12.2. The highest BCUT2D eigenvalue weighted by Crippen LogP contribution is 2.29. The molecule has 9 heteroatoms. The first-order chi connectivity index (χ1) is 13.5. The standard InChI is InChI=1S/C19H16N2O6S/c1-26-16(23)8-12-10-28-19(20-12)21-15(22)9-27-18(25)14-7-6-11-4-2-3-5-13(11)17(14)24/h2-7,10,24H,8-9H2,1H3,(H,20,21,22). The molecule has 8 nitrogen and oxygen atoms in total. The number of ether oxygens (including phenoxy) is 2. The van der Waals surface area contributed by atoms with Gasteiger partial charge in [-0.3, -0.25) is 14.9 Å². The Morgan fingerprint density at radius 3 is 2.75 bits per heavy atom. The molecule has 3 aromatic rings. The maximum Gasteiger partial charge on any atom is 0.342 e. The second-order valence-corrected chi connectivity index (χ2v) is 6.56. The molecule has 0 radical (unpaired) electrons. The monoisotopic (exact) mass is 400 g/mol. The Morgan fingerprint density at radius 1 is 1.18 bits per heavy atom. The van der Waals surface area contributed by atoms with Gasteiger partial charge in [-0.1, -0.05) is 30.3 Å². The zero-order valence-corrected chi connectivity index (χ0v) is 15.6. The number of anilines is 1. The van der Waals surface area contributed by atoms with Crippen LogP contribution in [-0.2, 0) is 25.5 Å². The summed E-state index contributed by atoms with van der Waals surface area (Å²) < 4.78 is 9.52. The molecule has 0 saturated carbocycles. The number of hydrogen-bond donors (Lipinski definition) is 2. The van der Waals surface area contributed by atoms with Crippen molar-refractivity contribution >= 4 is 45.1 Å². The Balaban J connectivity index is 1.58. The van der Waals surface area contributed by atoms with Crippen LogP contribution in [0, 0.1) is 0 Å². The number of methoxy groups -OCH3 is 1. The molecule has 2 aromatic carbocycles. The zero-order chi connectivity index (χ0) is 20.1. The lowest BCUT2D eigenvalue weighted by Crippen LogP contribution is -2.21. The van der Waals surface area contributed by atoms with Crippen molar-refractivity contribution in [1.29, 1.82) is 0 Å². The molecule has 0 saturated heterocycles. The summed E-state index contributed by atoms with van der Waals surface area (Å²) in [6.07, 6.45) is -0.000896. The van der Waals surface area contributed by atoms with Crippen molar-refractivity contribution in [3.63, 3.8) is 0 Å². The molecule has 0 fully saturated rings. The summed E-state index contributed by atoms with van der Waals surface area (Å²) in [5.74, 6) is -2.04. The number of nitrogens with one attached hydrogen (secondary N) is 1. The van der Waals surface area contributed by atoms with Crippen molar-refractivity contribution in [1.82, 2.24) is 4.98 Å². The first kappa shape index (κ1) is 19.3. The Kier molecular flexibility index (Phi) is 5.85. The van der Waals surface area contributed by atoms with Gasteiger partial charge in [-0.05, 0) is 11.5 Å². The number of phenolic OH excluding ortho intramolecular Hbond substituents is 1. The molecule has 0 aliphatic rings. The Labute approximate surface area is 163 Å². The summed E-state index contributed by atoms with van der Waals surface area (Å²) in [5, 5.41) is 15.9. The smallest absolute Gasteiger partial charge is 0.342 e. The lowest BCUT2D eigenvalue weighted by Gasteiger charge is -2.08. The van der Waals surface area contributed by atoms with Crippen LogP contribution in [0.3, 0.4) is 0 Å². The van der Waals surface area contributed by atoms with Crippen LogP contribution in [0.25, 0.3) is 10.8 Å². The van der Waals surface area contributed by atoms with Crippen LogP contribution in [0.15, 0.2) is 41.8 Å². The largest absolute Gasteiger partial charge is 0.506 e. The van der Waals surface area contributed by atoms with Gasteiger partial charge in [0.1, 0.15) is 11.3 Å². The second-order valence-electron chi connectivity index (χ2n) is 5.70. The lowest BCUT2D eigenvalue weighted by atomic mass is 10.1. The third-order valence-electron chi connectivity index (χ3n) is 3.81. The molecule has 0 bridgehead atoms. The molecule has 144 valence electrons. The van der Waals surface area contributed by atoms with Gasteiger partial charge in [-0.15, -0.1) is 11.3 Å². The summed E-state index contributed by atoms with van der Waals surface area (Å²) in [5.41, 5.74) is 0.436. The summed E-state index contributed by atoms with van der Waals surface area (Å²) in [7, 11) is 1.28. The van der Waals surface area contributed by atoms with Crippen LogP contribution in [0.4, 0.5) is 5.13 Å². The van der Waals surface area contributed by atoms with Crippen molar-refractivity contribution in [3.8, 4) is 5.75 Å². The van der Waals surface area contributed by atoms with Crippen molar-refractivity contribution < 1.29 is 29.0 Å². The average Bonchev–Trinajstić information content (AvgIpc) is 3.13. The van der Waals surface area contributed by atoms with E-state index < -0.39 is 24.5 Å². The minimum Gasteiger partial charge on any atom is -0.506 e. The third kappa shape index (κ3) is 4.44. The first-order valence-corrected chi connectivity index (χ1v) is 9.05.